The van der Waals surface area contributed by atoms with Crippen LogP contribution in [0.4, 0.5) is 28.4 Å². The van der Waals surface area contributed by atoms with E-state index in [4.69, 9.17) is 15.0 Å². The molecule has 0 atom stereocenters. The number of hydrogen-bond acceptors (Lipinski definition) is 14. The average Bonchev–Trinajstić information content (AvgIpc) is 2.97. The number of anilines is 1. The summed E-state index contributed by atoms with van der Waals surface area (Å²) in [6.45, 7) is 1.28. The van der Waals surface area contributed by atoms with Gasteiger partial charge in [-0.05, 0) is 67.4 Å². The Morgan fingerprint density at radius 3 is 1.83 bits per heavy atom. The molecule has 0 aromatic heterocycles. The van der Waals surface area contributed by atoms with E-state index in [9.17, 15) is 47.3 Å². The first kappa shape index (κ1) is 36.4. The molecule has 0 aliphatic rings. The minimum Gasteiger partial charge on any atom is -0.491 e. The molecule has 22 heteroatoms. The molecule has 0 saturated carbocycles. The first-order valence-electron chi connectivity index (χ1n) is 13.1. The largest absolute Gasteiger partial charge is 0.491 e. The van der Waals surface area contributed by atoms with Gasteiger partial charge in [-0.2, -0.15) is 38.8 Å². The average molecular weight is 744 g/mol. The van der Waals surface area contributed by atoms with E-state index in [-0.39, 0.29) is 46.9 Å². The van der Waals surface area contributed by atoms with Crippen molar-refractivity contribution in [1.29, 1.82) is 0 Å². The Morgan fingerprint density at radius 1 is 0.625 bits per heavy atom. The fourth-order valence-electron chi connectivity index (χ4n) is 4.14. The van der Waals surface area contributed by atoms with Gasteiger partial charge in [0.2, 0.25) is 0 Å². The maximum atomic E-state index is 11.9. The van der Waals surface area contributed by atoms with Crippen LogP contribution in [-0.4, -0.2) is 64.2 Å². The molecule has 6 N–H and O–H groups in total. The van der Waals surface area contributed by atoms with Crippen molar-refractivity contribution in [3.05, 3.63) is 66.2 Å². The minimum absolute atomic E-state index is 0.00736. The highest BCUT2D eigenvalue weighted by Gasteiger charge is 2.20. The predicted molar refractivity (Wildman–Crippen MR) is 170 cm³/mol. The van der Waals surface area contributed by atoms with Crippen LogP contribution in [0, 0.1) is 6.92 Å². The number of nitrogens with zero attached hydrogens (tertiary/aromatic N) is 4. The quantitative estimate of drug-likeness (QED) is 0.0555. The summed E-state index contributed by atoms with van der Waals surface area (Å²) < 4.78 is 135. The molecule has 0 spiro atoms. The molecule has 0 heterocycles. The van der Waals surface area contributed by atoms with E-state index < -0.39 is 66.6 Å². The van der Waals surface area contributed by atoms with E-state index in [1.807, 2.05) is 0 Å². The molecule has 0 aliphatic carbocycles. The van der Waals surface area contributed by atoms with Gasteiger partial charge in [0.05, 0.1) is 33.5 Å². The van der Waals surface area contributed by atoms with Gasteiger partial charge in [0.25, 0.3) is 40.5 Å². The summed E-state index contributed by atoms with van der Waals surface area (Å²) >= 11 is 0. The molecule has 0 bridgehead atoms. The molecule has 0 radical (unpaired) electrons. The Balaban J connectivity index is 1.79. The third kappa shape index (κ3) is 9.13. The molecule has 48 heavy (non-hydrogen) atoms. The lowest BCUT2D eigenvalue weighted by Gasteiger charge is -2.11. The fraction of sp³-hybridized carbons (Fsp3) is 0.154. The van der Waals surface area contributed by atoms with Crippen molar-refractivity contribution in [3.63, 3.8) is 0 Å². The molecule has 0 saturated heterocycles. The van der Waals surface area contributed by atoms with Gasteiger partial charge < -0.3 is 10.5 Å². The molecule has 256 valence electrons. The normalized spacial score (nSPS) is 13.1. The molecule has 18 nitrogen and oxygen atoms in total. The lowest BCUT2D eigenvalue weighted by molar-refractivity contribution is 0.317. The number of rotatable bonds is 12. The highest BCUT2D eigenvalue weighted by molar-refractivity contribution is 7.86. The van der Waals surface area contributed by atoms with Crippen molar-refractivity contribution in [1.82, 2.24) is 0 Å². The lowest BCUT2D eigenvalue weighted by atomic mass is 10.1. The number of benzene rings is 4. The van der Waals surface area contributed by atoms with E-state index in [1.54, 1.807) is 0 Å². The van der Waals surface area contributed by atoms with Crippen molar-refractivity contribution >= 4 is 79.7 Å². The van der Waals surface area contributed by atoms with Gasteiger partial charge in [-0.1, -0.05) is 6.07 Å². The van der Waals surface area contributed by atoms with Crippen molar-refractivity contribution in [2.24, 2.45) is 20.5 Å². The number of azo groups is 2. The second-order valence-electron chi connectivity index (χ2n) is 9.93. The Morgan fingerprint density at radius 2 is 1.21 bits per heavy atom. The Kier molecular flexibility index (Phi) is 10.3. The lowest BCUT2D eigenvalue weighted by Crippen LogP contribution is -2.08. The van der Waals surface area contributed by atoms with Crippen molar-refractivity contribution in [3.8, 4) is 5.75 Å². The summed E-state index contributed by atoms with van der Waals surface area (Å²) in [4.78, 5) is -1.95. The van der Waals surface area contributed by atoms with Crippen LogP contribution in [0.2, 0.25) is 0 Å². The topological polar surface area (TPSA) is 302 Å². The molecule has 0 amide bonds. The highest BCUT2D eigenvalue weighted by Crippen LogP contribution is 2.39. The van der Waals surface area contributed by atoms with Gasteiger partial charge in [0, 0.05) is 22.5 Å². The zero-order valence-electron chi connectivity index (χ0n) is 24.4. The number of ether oxygens (including phenoxy) is 1. The Bertz CT molecular complexity index is 2430. The van der Waals surface area contributed by atoms with E-state index in [2.05, 4.69) is 20.5 Å². The Labute approximate surface area is 274 Å². The van der Waals surface area contributed by atoms with Gasteiger partial charge in [0.1, 0.15) is 22.0 Å². The number of fused-ring (bicyclic) bond motifs is 1. The molecule has 0 unspecified atom stereocenters. The third-order valence-electron chi connectivity index (χ3n) is 6.42. The highest BCUT2D eigenvalue weighted by atomic mass is 32.2. The second kappa shape index (κ2) is 13.6. The smallest absolute Gasteiger partial charge is 0.296 e. The molecular formula is C26H25N5O13S4. The van der Waals surface area contributed by atoms with Crippen LogP contribution < -0.4 is 10.5 Å². The number of nitrogen functional groups attached to an aromatic ring is 1. The molecular weight excluding hydrogens is 719 g/mol. The molecule has 0 aliphatic heterocycles. The van der Waals surface area contributed by atoms with Crippen LogP contribution in [0.25, 0.3) is 10.8 Å². The van der Waals surface area contributed by atoms with Crippen molar-refractivity contribution in [2.75, 3.05) is 18.1 Å². The number of hydrogen-bond donors (Lipinski definition) is 5. The minimum atomic E-state index is -4.92. The van der Waals surface area contributed by atoms with Crippen LogP contribution in [0.1, 0.15) is 12.0 Å². The molecule has 4 aromatic carbocycles. The summed E-state index contributed by atoms with van der Waals surface area (Å²) in [5, 5.41) is 16.7. The fourth-order valence-corrected chi connectivity index (χ4v) is 6.23. The molecule has 0 fully saturated rings. The van der Waals surface area contributed by atoms with Crippen LogP contribution in [0.3, 0.4) is 0 Å². The maximum Gasteiger partial charge on any atom is 0.296 e. The predicted octanol–water partition coefficient (Wildman–Crippen LogP) is 4.96. The summed E-state index contributed by atoms with van der Waals surface area (Å²) in [7, 11) is -18.5. The first-order chi connectivity index (χ1) is 22.1. The van der Waals surface area contributed by atoms with Gasteiger partial charge in [-0.25, -0.2) is 0 Å². The summed E-state index contributed by atoms with van der Waals surface area (Å²) in [5.74, 6) is -0.683. The molecule has 4 rings (SSSR count). The number of nitrogens with two attached hydrogens (primary N) is 1. The van der Waals surface area contributed by atoms with E-state index in [0.717, 1.165) is 18.2 Å². The second-order valence-corrected chi connectivity index (χ2v) is 15.7. The SMILES string of the molecule is Cc1cc(N=Nc2ccc(N)c3cc(S(=O)(=O)O)ccc23)c(OCCCS(=O)(=O)O)cc1N=Nc1cc(S(=O)(=O)O)ccc1S(=O)(=O)O. The zero-order valence-corrected chi connectivity index (χ0v) is 27.6. The zero-order chi connectivity index (χ0) is 35.7. The van der Waals surface area contributed by atoms with E-state index in [0.29, 0.717) is 23.1 Å². The van der Waals surface area contributed by atoms with E-state index in [1.165, 1.54) is 37.3 Å². The van der Waals surface area contributed by atoms with Crippen LogP contribution in [0.15, 0.2) is 95.8 Å². The standard InChI is InChI=1S/C26H25N5O13S4/c1-15-11-23(30-28-21-7-6-20(27)19-12-16(46(35,36)37)3-5-18(19)21)25(44-9-2-10-45(32,33)34)14-22(15)29-31-24-13-17(47(38,39)40)4-8-26(24)48(41,42)43/h3-8,11-14H,2,9-10,27H2,1H3,(H,32,33,34)(H,35,36,37)(H,38,39,40)(H,41,42,43). The monoisotopic (exact) mass is 743 g/mol. The van der Waals surface area contributed by atoms with Crippen LogP contribution >= 0.6 is 0 Å². The van der Waals surface area contributed by atoms with Crippen LogP contribution in [0.5, 0.6) is 5.75 Å². The van der Waals surface area contributed by atoms with Crippen LogP contribution in [-0.2, 0) is 40.5 Å². The van der Waals surface area contributed by atoms with E-state index >= 15 is 0 Å². The van der Waals surface area contributed by atoms with Gasteiger partial charge in [-0.3, -0.25) is 18.2 Å². The van der Waals surface area contributed by atoms with Crippen molar-refractivity contribution < 1.29 is 56.6 Å². The first-order valence-corrected chi connectivity index (χ1v) is 19.0. The van der Waals surface area contributed by atoms with Gasteiger partial charge in [0.15, 0.2) is 0 Å². The van der Waals surface area contributed by atoms with Gasteiger partial charge in [-0.15, -0.1) is 15.3 Å². The van der Waals surface area contributed by atoms with Gasteiger partial charge >= 0.3 is 0 Å². The maximum absolute atomic E-state index is 11.9. The summed E-state index contributed by atoms with van der Waals surface area (Å²) in [6, 6.07) is 11.4. The Hall–Kier alpha value is -4.42. The van der Waals surface area contributed by atoms with Crippen molar-refractivity contribution in [2.45, 2.75) is 28.0 Å². The number of aryl methyl sites for hydroxylation is 1. The summed E-state index contributed by atoms with van der Waals surface area (Å²) in [6.07, 6.45) is -0.154. The summed E-state index contributed by atoms with van der Waals surface area (Å²) in [5.41, 5.74) is 6.16. The molecule has 4 aromatic rings. The third-order valence-corrected chi connectivity index (χ3v) is 9.82.